The van der Waals surface area contributed by atoms with E-state index in [0.717, 1.165) is 4.90 Å². The summed E-state index contributed by atoms with van der Waals surface area (Å²) in [6, 6.07) is 5.35. The van der Waals surface area contributed by atoms with Gasteiger partial charge in [-0.3, -0.25) is 19.2 Å². The number of esters is 1. The minimum Gasteiger partial charge on any atom is -0.466 e. The summed E-state index contributed by atoms with van der Waals surface area (Å²) in [6.07, 6.45) is 3.91. The number of hydrogen-bond donors (Lipinski definition) is 3. The summed E-state index contributed by atoms with van der Waals surface area (Å²) in [5.74, 6) is -0.304. The molecule has 0 fully saturated rings. The molecule has 210 valence electrons. The Labute approximate surface area is 228 Å². The molecule has 0 saturated heterocycles. The number of carbonyl (C=O) groups excluding carboxylic acids is 5. The second kappa shape index (κ2) is 15.6. The molecular formula is C27H35N5O7. The molecule has 0 aliphatic rings. The first kappa shape index (κ1) is 32.4. The summed E-state index contributed by atoms with van der Waals surface area (Å²) >= 11 is 0. The molecule has 0 radical (unpaired) electrons. The van der Waals surface area contributed by atoms with Crippen molar-refractivity contribution in [3.8, 4) is 18.4 Å². The fourth-order valence-electron chi connectivity index (χ4n) is 3.42. The second-order valence-corrected chi connectivity index (χ2v) is 9.34. The van der Waals surface area contributed by atoms with Crippen molar-refractivity contribution in [1.82, 2.24) is 15.5 Å². The van der Waals surface area contributed by atoms with Gasteiger partial charge in [-0.25, -0.2) is 4.79 Å². The first-order chi connectivity index (χ1) is 18.3. The number of amides is 4. The summed E-state index contributed by atoms with van der Waals surface area (Å²) in [4.78, 5) is 63.7. The van der Waals surface area contributed by atoms with Gasteiger partial charge in [0.05, 0.1) is 19.1 Å². The maximum absolute atomic E-state index is 13.7. The number of rotatable bonds is 13. The maximum atomic E-state index is 13.7. The summed E-state index contributed by atoms with van der Waals surface area (Å²) < 4.78 is 10.1. The summed E-state index contributed by atoms with van der Waals surface area (Å²) in [5.41, 5.74) is 5.21. The lowest BCUT2D eigenvalue weighted by molar-refractivity contribution is -0.144. The third kappa shape index (κ3) is 11.6. The number of primary amides is 1. The lowest BCUT2D eigenvalue weighted by atomic mass is 10.0. The number of nitrogens with zero attached hydrogens (tertiary/aromatic N) is 2. The molecule has 0 bridgehead atoms. The van der Waals surface area contributed by atoms with Crippen LogP contribution in [0.25, 0.3) is 0 Å². The van der Waals surface area contributed by atoms with Gasteiger partial charge < -0.3 is 30.7 Å². The van der Waals surface area contributed by atoms with Crippen molar-refractivity contribution in [2.24, 2.45) is 5.73 Å². The number of nitriles is 1. The maximum Gasteiger partial charge on any atom is 0.408 e. The number of nitrogens with one attached hydrogen (secondary N) is 2. The molecule has 1 rings (SSSR count). The number of hydrogen-bond acceptors (Lipinski definition) is 8. The molecule has 0 heterocycles. The number of ether oxygens (including phenoxy) is 2. The Balaban J connectivity index is 3.41. The van der Waals surface area contributed by atoms with Crippen LogP contribution in [0.2, 0.25) is 0 Å². The van der Waals surface area contributed by atoms with Gasteiger partial charge in [0.15, 0.2) is 0 Å². The van der Waals surface area contributed by atoms with E-state index in [9.17, 15) is 29.2 Å². The van der Waals surface area contributed by atoms with Crippen molar-refractivity contribution in [3.63, 3.8) is 0 Å². The van der Waals surface area contributed by atoms with Crippen molar-refractivity contribution in [2.45, 2.75) is 64.6 Å². The van der Waals surface area contributed by atoms with Gasteiger partial charge >= 0.3 is 12.1 Å². The Morgan fingerprint density at radius 3 is 2.28 bits per heavy atom. The molecule has 0 aliphatic carbocycles. The van der Waals surface area contributed by atoms with Crippen molar-refractivity contribution in [3.05, 3.63) is 35.4 Å². The van der Waals surface area contributed by atoms with E-state index >= 15 is 0 Å². The molecule has 12 nitrogen and oxygen atoms in total. The highest BCUT2D eigenvalue weighted by atomic mass is 16.6. The van der Waals surface area contributed by atoms with E-state index in [1.165, 1.54) is 12.1 Å². The third-order valence-corrected chi connectivity index (χ3v) is 5.08. The topological polar surface area (TPSA) is 181 Å². The first-order valence-electron chi connectivity index (χ1n) is 12.3. The summed E-state index contributed by atoms with van der Waals surface area (Å²) in [7, 11) is 0. The van der Waals surface area contributed by atoms with E-state index < -0.39 is 54.0 Å². The minimum atomic E-state index is -1.35. The fraction of sp³-hybridized carbons (Fsp3) is 0.481. The summed E-state index contributed by atoms with van der Waals surface area (Å²) in [6.45, 7) is 6.08. The van der Waals surface area contributed by atoms with Crippen molar-refractivity contribution in [1.29, 1.82) is 5.26 Å². The predicted octanol–water partition coefficient (Wildman–Crippen LogP) is 1.29. The van der Waals surface area contributed by atoms with Crippen LogP contribution in [-0.4, -0.2) is 66.0 Å². The molecule has 39 heavy (non-hydrogen) atoms. The lowest BCUT2D eigenvalue weighted by Gasteiger charge is -2.33. The molecule has 0 saturated carbocycles. The Morgan fingerprint density at radius 1 is 1.13 bits per heavy atom. The molecule has 4 N–H and O–H groups in total. The van der Waals surface area contributed by atoms with E-state index in [2.05, 4.69) is 16.6 Å². The largest absolute Gasteiger partial charge is 0.466 e. The molecule has 2 unspecified atom stereocenters. The van der Waals surface area contributed by atoms with Crippen LogP contribution in [-0.2, 0) is 28.7 Å². The van der Waals surface area contributed by atoms with Gasteiger partial charge in [0, 0.05) is 18.5 Å². The number of alkyl carbamates (subject to hydrolysis) is 1. The van der Waals surface area contributed by atoms with Gasteiger partial charge in [0.25, 0.3) is 0 Å². The zero-order chi connectivity index (χ0) is 29.6. The van der Waals surface area contributed by atoms with Crippen LogP contribution < -0.4 is 16.4 Å². The Bertz CT molecular complexity index is 1110. The number of benzene rings is 1. The third-order valence-electron chi connectivity index (χ3n) is 5.08. The fourth-order valence-corrected chi connectivity index (χ4v) is 3.42. The highest BCUT2D eigenvalue weighted by Gasteiger charge is 2.36. The van der Waals surface area contributed by atoms with Crippen molar-refractivity contribution >= 4 is 29.8 Å². The van der Waals surface area contributed by atoms with Crippen LogP contribution in [0.4, 0.5) is 4.79 Å². The average molecular weight is 542 g/mol. The smallest absolute Gasteiger partial charge is 0.408 e. The molecule has 0 spiro atoms. The monoisotopic (exact) mass is 541 g/mol. The zero-order valence-electron chi connectivity index (χ0n) is 22.6. The highest BCUT2D eigenvalue weighted by molar-refractivity contribution is 5.92. The normalized spacial score (nSPS) is 12.1. The predicted molar refractivity (Wildman–Crippen MR) is 140 cm³/mol. The molecule has 0 aromatic heterocycles. The highest BCUT2D eigenvalue weighted by Crippen LogP contribution is 2.24. The van der Waals surface area contributed by atoms with Crippen LogP contribution in [0, 0.1) is 23.7 Å². The van der Waals surface area contributed by atoms with Crippen LogP contribution in [0.15, 0.2) is 24.3 Å². The lowest BCUT2D eigenvalue weighted by Crippen LogP contribution is -2.53. The molecule has 1 aromatic carbocycles. The first-order valence-corrected chi connectivity index (χ1v) is 12.3. The summed E-state index contributed by atoms with van der Waals surface area (Å²) in [5, 5.41) is 14.5. The zero-order valence-corrected chi connectivity index (χ0v) is 22.6. The average Bonchev–Trinajstić information content (AvgIpc) is 2.85. The van der Waals surface area contributed by atoms with Crippen LogP contribution in [0.5, 0.6) is 0 Å². The number of carbonyl (C=O) groups is 5. The van der Waals surface area contributed by atoms with Gasteiger partial charge in [-0.15, -0.1) is 6.42 Å². The van der Waals surface area contributed by atoms with Crippen molar-refractivity contribution < 1.29 is 33.4 Å². The Kier molecular flexibility index (Phi) is 13.0. The number of nitrogens with two attached hydrogens (primary N) is 1. The van der Waals surface area contributed by atoms with Gasteiger partial charge in [0.1, 0.15) is 24.2 Å². The quantitative estimate of drug-likeness (QED) is 0.190. The molecule has 4 amide bonds. The standard InChI is InChI=1S/C27H35N5O7/c1-6-18-8-10-19(11-9-18)23(24(35)30-16-14-22(34)38-7-2)32(17-15-28)25(36)20(12-13-21(29)33)31-26(37)39-27(3,4)5/h1,8-11,20,23H,7,12-14,16-17H2,2-5H3,(H2,29,33)(H,30,35)(H,31,37). The van der Waals surface area contributed by atoms with E-state index in [1.807, 2.05) is 6.07 Å². The van der Waals surface area contributed by atoms with Crippen molar-refractivity contribution in [2.75, 3.05) is 19.7 Å². The van der Waals surface area contributed by atoms with E-state index in [1.54, 1.807) is 39.8 Å². The second-order valence-electron chi connectivity index (χ2n) is 9.34. The minimum absolute atomic E-state index is 0.0908. The SMILES string of the molecule is C#Cc1ccc(C(C(=O)NCCC(=O)OCC)N(CC#N)C(=O)C(CCC(N)=O)NC(=O)OC(C)(C)C)cc1. The molecule has 1 aromatic rings. The van der Waals surface area contributed by atoms with Gasteiger partial charge in [-0.05, 0) is 51.8 Å². The molecule has 0 aliphatic heterocycles. The molecule has 2 atom stereocenters. The van der Waals surface area contributed by atoms with Crippen LogP contribution in [0.1, 0.15) is 64.1 Å². The molecular weight excluding hydrogens is 506 g/mol. The van der Waals surface area contributed by atoms with Crippen LogP contribution >= 0.6 is 0 Å². The van der Waals surface area contributed by atoms with Gasteiger partial charge in [-0.1, -0.05) is 18.1 Å². The van der Waals surface area contributed by atoms with E-state index in [0.29, 0.717) is 11.1 Å². The van der Waals surface area contributed by atoms with Gasteiger partial charge in [0.2, 0.25) is 17.7 Å². The van der Waals surface area contributed by atoms with Gasteiger partial charge in [-0.2, -0.15) is 5.26 Å². The van der Waals surface area contributed by atoms with E-state index in [4.69, 9.17) is 21.6 Å². The van der Waals surface area contributed by atoms with E-state index in [-0.39, 0.29) is 32.4 Å². The number of terminal acetylenes is 1. The van der Waals surface area contributed by atoms with Crippen LogP contribution in [0.3, 0.4) is 0 Å². The Morgan fingerprint density at radius 2 is 1.77 bits per heavy atom. The molecule has 12 heteroatoms. The Hall–Kier alpha value is -4.58.